The first-order valence-corrected chi connectivity index (χ1v) is 12.4. The van der Waals surface area contributed by atoms with Crippen LogP contribution in [0.4, 0.5) is 30.2 Å². The number of nitrogens with one attached hydrogen (secondary N) is 2. The number of halogens is 3. The fraction of sp³-hybridized carbons (Fsp3) is 0.500. The van der Waals surface area contributed by atoms with Crippen LogP contribution in [0.3, 0.4) is 0 Å². The number of piperidine rings is 1. The van der Waals surface area contributed by atoms with E-state index in [0.29, 0.717) is 38.1 Å². The van der Waals surface area contributed by atoms with Gasteiger partial charge in [-0.25, -0.2) is 0 Å². The second-order valence-corrected chi connectivity index (χ2v) is 9.69. The van der Waals surface area contributed by atoms with Crippen LogP contribution in [-0.4, -0.2) is 36.5 Å². The van der Waals surface area contributed by atoms with Crippen molar-refractivity contribution >= 4 is 23.0 Å². The van der Waals surface area contributed by atoms with Gasteiger partial charge in [0.1, 0.15) is 5.56 Å². The van der Waals surface area contributed by atoms with Gasteiger partial charge in [-0.1, -0.05) is 18.2 Å². The van der Waals surface area contributed by atoms with Crippen molar-refractivity contribution in [2.75, 3.05) is 29.9 Å². The maximum absolute atomic E-state index is 13.2. The van der Waals surface area contributed by atoms with Gasteiger partial charge in [-0.3, -0.25) is 14.9 Å². The molecule has 194 valence electrons. The van der Waals surface area contributed by atoms with Crippen LogP contribution in [0.2, 0.25) is 0 Å². The molecule has 0 aromatic heterocycles. The number of hydrogen-bond acceptors (Lipinski definition) is 5. The molecule has 1 aliphatic heterocycles. The minimum Gasteiger partial charge on any atom is -0.382 e. The quantitative estimate of drug-likeness (QED) is 0.378. The van der Waals surface area contributed by atoms with E-state index in [4.69, 9.17) is 0 Å². The molecule has 0 radical (unpaired) electrons. The third kappa shape index (κ3) is 6.47. The topological polar surface area (TPSA) is 87.5 Å². The summed E-state index contributed by atoms with van der Waals surface area (Å²) in [6.07, 6.45) is -0.169. The monoisotopic (exact) mass is 504 g/mol. The number of nitro benzene ring substituents is 1. The SMILES string of the molecule is O=C(NCC1CCN(c2ccccc2)CC1)[C@H]1CC[C@@H](Nc2ccc([N+](=O)[O-])c(C(F)(F)F)c2)CC1. The molecule has 1 saturated carbocycles. The zero-order valence-corrected chi connectivity index (χ0v) is 20.0. The Labute approximate surface area is 208 Å². The summed E-state index contributed by atoms with van der Waals surface area (Å²) in [5, 5.41) is 17.1. The van der Waals surface area contributed by atoms with Gasteiger partial charge in [-0.15, -0.1) is 0 Å². The zero-order chi connectivity index (χ0) is 25.7. The van der Waals surface area contributed by atoms with Crippen LogP contribution in [0.25, 0.3) is 0 Å². The van der Waals surface area contributed by atoms with E-state index in [1.54, 1.807) is 0 Å². The van der Waals surface area contributed by atoms with Gasteiger partial charge in [0.05, 0.1) is 4.92 Å². The summed E-state index contributed by atoms with van der Waals surface area (Å²) < 4.78 is 39.7. The standard InChI is InChI=1S/C26H31F3N4O3/c27-26(28,29)23-16-21(10-11-24(23)33(35)36)31-20-8-6-19(7-9-20)25(34)30-17-18-12-14-32(15-13-18)22-4-2-1-3-5-22/h1-5,10-11,16,18-20,31H,6-9,12-15,17H2,(H,30,34)/t19-,20+. The van der Waals surface area contributed by atoms with Gasteiger partial charge >= 0.3 is 6.18 Å². The number of nitrogens with zero attached hydrogens (tertiary/aromatic N) is 2. The number of amides is 1. The molecule has 1 heterocycles. The molecule has 1 amide bonds. The third-order valence-corrected chi connectivity index (χ3v) is 7.27. The van der Waals surface area contributed by atoms with Crippen molar-refractivity contribution in [3.05, 3.63) is 64.2 Å². The Kier molecular flexibility index (Phi) is 8.01. The van der Waals surface area contributed by atoms with Crippen molar-refractivity contribution in [3.63, 3.8) is 0 Å². The maximum Gasteiger partial charge on any atom is 0.423 e. The highest BCUT2D eigenvalue weighted by molar-refractivity contribution is 5.78. The van der Waals surface area contributed by atoms with Crippen LogP contribution in [0.15, 0.2) is 48.5 Å². The van der Waals surface area contributed by atoms with Gasteiger partial charge in [-0.05, 0) is 68.7 Å². The van der Waals surface area contributed by atoms with Crippen molar-refractivity contribution in [2.45, 2.75) is 50.7 Å². The molecular weight excluding hydrogens is 473 g/mol. The highest BCUT2D eigenvalue weighted by Crippen LogP contribution is 2.38. The molecule has 2 aromatic rings. The summed E-state index contributed by atoms with van der Waals surface area (Å²) in [5.74, 6) is 0.403. The third-order valence-electron chi connectivity index (χ3n) is 7.27. The van der Waals surface area contributed by atoms with Gasteiger partial charge in [0.2, 0.25) is 5.91 Å². The first kappa shape index (κ1) is 25.8. The van der Waals surface area contributed by atoms with E-state index in [1.807, 2.05) is 18.2 Å². The molecule has 7 nitrogen and oxygen atoms in total. The molecule has 36 heavy (non-hydrogen) atoms. The predicted octanol–water partition coefficient (Wildman–Crippen LogP) is 5.62. The van der Waals surface area contributed by atoms with Crippen molar-refractivity contribution in [1.29, 1.82) is 0 Å². The smallest absolute Gasteiger partial charge is 0.382 e. The Morgan fingerprint density at radius 1 is 1.00 bits per heavy atom. The van der Waals surface area contributed by atoms with E-state index in [-0.39, 0.29) is 23.6 Å². The number of alkyl halides is 3. The lowest BCUT2D eigenvalue weighted by Gasteiger charge is -2.34. The number of nitro groups is 1. The Hall–Kier alpha value is -3.30. The molecular formula is C26H31F3N4O3. The zero-order valence-electron chi connectivity index (χ0n) is 20.0. The van der Waals surface area contributed by atoms with Gasteiger partial charge < -0.3 is 15.5 Å². The van der Waals surface area contributed by atoms with Crippen molar-refractivity contribution < 1.29 is 22.9 Å². The molecule has 0 bridgehead atoms. The van der Waals surface area contributed by atoms with E-state index in [9.17, 15) is 28.1 Å². The number of benzene rings is 2. The number of carbonyl (C=O) groups is 1. The summed E-state index contributed by atoms with van der Waals surface area (Å²) in [6, 6.07) is 13.2. The molecule has 1 aliphatic carbocycles. The fourth-order valence-electron chi connectivity index (χ4n) is 5.17. The number of carbonyl (C=O) groups excluding carboxylic acids is 1. The Bertz CT molecular complexity index is 1050. The highest BCUT2D eigenvalue weighted by atomic mass is 19.4. The largest absolute Gasteiger partial charge is 0.423 e. The lowest BCUT2D eigenvalue weighted by atomic mass is 9.85. The molecule has 4 rings (SSSR count). The van der Waals surface area contributed by atoms with E-state index in [0.717, 1.165) is 38.1 Å². The van der Waals surface area contributed by atoms with Crippen LogP contribution < -0.4 is 15.5 Å². The Morgan fingerprint density at radius 2 is 1.67 bits per heavy atom. The number of rotatable bonds is 7. The number of anilines is 2. The minimum atomic E-state index is -4.81. The van der Waals surface area contributed by atoms with E-state index >= 15 is 0 Å². The van der Waals surface area contributed by atoms with Crippen molar-refractivity contribution in [3.8, 4) is 0 Å². The Balaban J connectivity index is 1.21. The average Bonchev–Trinajstić information content (AvgIpc) is 2.88. The first-order valence-electron chi connectivity index (χ1n) is 12.4. The maximum atomic E-state index is 13.2. The molecule has 2 N–H and O–H groups in total. The van der Waals surface area contributed by atoms with Crippen molar-refractivity contribution in [1.82, 2.24) is 5.32 Å². The van der Waals surface area contributed by atoms with Crippen LogP contribution in [0.5, 0.6) is 0 Å². The number of hydrogen-bond donors (Lipinski definition) is 2. The van der Waals surface area contributed by atoms with E-state index < -0.39 is 22.4 Å². The second-order valence-electron chi connectivity index (χ2n) is 9.69. The summed E-state index contributed by atoms with van der Waals surface area (Å²) in [6.45, 7) is 2.61. The van der Waals surface area contributed by atoms with E-state index in [1.165, 1.54) is 11.8 Å². The predicted molar refractivity (Wildman–Crippen MR) is 132 cm³/mol. The summed E-state index contributed by atoms with van der Waals surface area (Å²) in [4.78, 5) is 25.0. The average molecular weight is 505 g/mol. The molecule has 10 heteroatoms. The molecule has 0 atom stereocenters. The van der Waals surface area contributed by atoms with Gasteiger partial charge in [0.15, 0.2) is 0 Å². The second kappa shape index (κ2) is 11.2. The van der Waals surface area contributed by atoms with E-state index in [2.05, 4.69) is 27.7 Å². The number of para-hydroxylation sites is 1. The fourth-order valence-corrected chi connectivity index (χ4v) is 5.17. The van der Waals surface area contributed by atoms with Crippen molar-refractivity contribution in [2.24, 2.45) is 11.8 Å². The van der Waals surface area contributed by atoms with Gasteiger partial charge in [-0.2, -0.15) is 13.2 Å². The van der Waals surface area contributed by atoms with Crippen LogP contribution >= 0.6 is 0 Å². The van der Waals surface area contributed by atoms with Gasteiger partial charge in [0.25, 0.3) is 5.69 Å². The normalized spacial score (nSPS) is 21.1. The first-order chi connectivity index (χ1) is 17.2. The minimum absolute atomic E-state index is 0.0497. The molecule has 0 spiro atoms. The Morgan fingerprint density at radius 3 is 2.28 bits per heavy atom. The highest BCUT2D eigenvalue weighted by Gasteiger charge is 2.38. The molecule has 2 aromatic carbocycles. The summed E-state index contributed by atoms with van der Waals surface area (Å²) in [5.41, 5.74) is -0.796. The summed E-state index contributed by atoms with van der Waals surface area (Å²) >= 11 is 0. The lowest BCUT2D eigenvalue weighted by Crippen LogP contribution is -2.41. The molecule has 2 aliphatic rings. The molecule has 1 saturated heterocycles. The van der Waals surface area contributed by atoms with Crippen LogP contribution in [-0.2, 0) is 11.0 Å². The molecule has 0 unspecified atom stereocenters. The lowest BCUT2D eigenvalue weighted by molar-refractivity contribution is -0.388. The summed E-state index contributed by atoms with van der Waals surface area (Å²) in [7, 11) is 0. The van der Waals surface area contributed by atoms with Crippen LogP contribution in [0, 0.1) is 22.0 Å². The van der Waals surface area contributed by atoms with Crippen LogP contribution in [0.1, 0.15) is 44.1 Å². The molecule has 2 fully saturated rings. The van der Waals surface area contributed by atoms with Gasteiger partial charge in [0, 0.05) is 49.0 Å².